The van der Waals surface area contributed by atoms with E-state index in [0.717, 1.165) is 42.3 Å². The van der Waals surface area contributed by atoms with Crippen molar-refractivity contribution in [1.29, 1.82) is 0 Å². The first-order valence-corrected chi connectivity index (χ1v) is 6.85. The molecule has 0 radical (unpaired) electrons. The highest BCUT2D eigenvalue weighted by Crippen LogP contribution is 2.32. The summed E-state index contributed by atoms with van der Waals surface area (Å²) in [6.07, 6.45) is 1.92. The normalized spacial score (nSPS) is 15.5. The Morgan fingerprint density at radius 1 is 1.47 bits per heavy atom. The zero-order chi connectivity index (χ0) is 12.3. The van der Waals surface area contributed by atoms with Crippen molar-refractivity contribution in [2.75, 3.05) is 12.5 Å². The van der Waals surface area contributed by atoms with Crippen molar-refractivity contribution < 1.29 is 4.74 Å². The van der Waals surface area contributed by atoms with Crippen LogP contribution >= 0.6 is 23.2 Å². The topological polar surface area (TPSA) is 21.3 Å². The Bertz CT molecular complexity index is 395. The molecule has 1 unspecified atom stereocenters. The molecule has 1 heterocycles. The number of rotatable bonds is 5. The first-order valence-electron chi connectivity index (χ1n) is 5.94. The SMILES string of the molecule is CC(CCCl)NCc1cc(Cl)cc2c1OCC2. The van der Waals surface area contributed by atoms with Crippen LogP contribution in [0.1, 0.15) is 24.5 Å². The average Bonchev–Trinajstić information content (AvgIpc) is 2.74. The van der Waals surface area contributed by atoms with Gasteiger partial charge in [-0.2, -0.15) is 0 Å². The van der Waals surface area contributed by atoms with Crippen molar-refractivity contribution in [3.05, 3.63) is 28.3 Å². The lowest BCUT2D eigenvalue weighted by Gasteiger charge is -2.14. The summed E-state index contributed by atoms with van der Waals surface area (Å²) in [5.41, 5.74) is 2.37. The van der Waals surface area contributed by atoms with Crippen molar-refractivity contribution >= 4 is 23.2 Å². The third-order valence-electron chi connectivity index (χ3n) is 3.01. The van der Waals surface area contributed by atoms with Crippen molar-refractivity contribution in [3.8, 4) is 5.75 Å². The van der Waals surface area contributed by atoms with Gasteiger partial charge in [-0.25, -0.2) is 0 Å². The van der Waals surface area contributed by atoms with Gasteiger partial charge in [0.1, 0.15) is 5.75 Å². The van der Waals surface area contributed by atoms with E-state index < -0.39 is 0 Å². The third kappa shape index (κ3) is 3.27. The Morgan fingerprint density at radius 2 is 2.29 bits per heavy atom. The molecular weight excluding hydrogens is 257 g/mol. The molecule has 2 nitrogen and oxygen atoms in total. The lowest BCUT2D eigenvalue weighted by Crippen LogP contribution is -2.25. The van der Waals surface area contributed by atoms with Crippen LogP contribution in [0.2, 0.25) is 5.02 Å². The number of halogens is 2. The van der Waals surface area contributed by atoms with E-state index in [1.54, 1.807) is 0 Å². The number of hydrogen-bond donors (Lipinski definition) is 1. The molecule has 4 heteroatoms. The second-order valence-electron chi connectivity index (χ2n) is 4.41. The molecule has 0 saturated carbocycles. The minimum atomic E-state index is 0.406. The Hall–Kier alpha value is -0.440. The molecule has 1 aliphatic heterocycles. The van der Waals surface area contributed by atoms with Crippen molar-refractivity contribution in [2.45, 2.75) is 32.4 Å². The van der Waals surface area contributed by atoms with E-state index in [1.165, 1.54) is 5.56 Å². The maximum Gasteiger partial charge on any atom is 0.127 e. The second-order valence-corrected chi connectivity index (χ2v) is 5.23. The number of benzene rings is 1. The number of fused-ring (bicyclic) bond motifs is 1. The predicted molar refractivity (Wildman–Crippen MR) is 72.3 cm³/mol. The van der Waals surface area contributed by atoms with Crippen molar-refractivity contribution in [2.24, 2.45) is 0 Å². The lowest BCUT2D eigenvalue weighted by molar-refractivity contribution is 0.351. The highest BCUT2D eigenvalue weighted by atomic mass is 35.5. The summed E-state index contributed by atoms with van der Waals surface area (Å²) in [5.74, 6) is 1.69. The quantitative estimate of drug-likeness (QED) is 0.831. The van der Waals surface area contributed by atoms with Crippen LogP contribution in [0.3, 0.4) is 0 Å². The Kier molecular flexibility index (Phi) is 4.55. The van der Waals surface area contributed by atoms with Crippen molar-refractivity contribution in [3.63, 3.8) is 0 Å². The molecule has 17 heavy (non-hydrogen) atoms. The maximum atomic E-state index is 6.10. The first-order chi connectivity index (χ1) is 8.20. The van der Waals surface area contributed by atoms with Gasteiger partial charge in [0, 0.05) is 35.5 Å². The highest BCUT2D eigenvalue weighted by molar-refractivity contribution is 6.30. The van der Waals surface area contributed by atoms with E-state index in [-0.39, 0.29) is 0 Å². The summed E-state index contributed by atoms with van der Waals surface area (Å²) in [7, 11) is 0. The molecular formula is C13H17Cl2NO. The van der Waals surface area contributed by atoms with Crippen LogP contribution in [0.25, 0.3) is 0 Å². The van der Waals surface area contributed by atoms with Gasteiger partial charge in [0.2, 0.25) is 0 Å². The smallest absolute Gasteiger partial charge is 0.127 e. The fourth-order valence-corrected chi connectivity index (χ4v) is 2.62. The van der Waals surface area contributed by atoms with Gasteiger partial charge in [0.25, 0.3) is 0 Å². The second kappa shape index (κ2) is 5.94. The molecule has 0 saturated heterocycles. The van der Waals surface area contributed by atoms with Crippen LogP contribution in [0.15, 0.2) is 12.1 Å². The van der Waals surface area contributed by atoms with Gasteiger partial charge in [0.15, 0.2) is 0 Å². The summed E-state index contributed by atoms with van der Waals surface area (Å²) in [5, 5.41) is 4.22. The van der Waals surface area contributed by atoms with E-state index in [2.05, 4.69) is 12.2 Å². The van der Waals surface area contributed by atoms with Crippen LogP contribution in [0.4, 0.5) is 0 Å². The molecule has 1 aromatic rings. The van der Waals surface area contributed by atoms with E-state index in [0.29, 0.717) is 11.9 Å². The van der Waals surface area contributed by atoms with Gasteiger partial charge in [-0.05, 0) is 31.0 Å². The number of alkyl halides is 1. The van der Waals surface area contributed by atoms with E-state index in [9.17, 15) is 0 Å². The molecule has 94 valence electrons. The summed E-state index contributed by atoms with van der Waals surface area (Å²) in [6, 6.07) is 4.38. The standard InChI is InChI=1S/C13H17Cl2NO/c1-9(2-4-14)16-8-11-7-12(15)6-10-3-5-17-13(10)11/h6-7,9,16H,2-5,8H2,1H3. The van der Waals surface area contributed by atoms with Gasteiger partial charge in [-0.1, -0.05) is 11.6 Å². The van der Waals surface area contributed by atoms with Crippen molar-refractivity contribution in [1.82, 2.24) is 5.32 Å². The summed E-state index contributed by atoms with van der Waals surface area (Å²) >= 11 is 11.8. The predicted octanol–water partition coefficient (Wildman–Crippen LogP) is 3.38. The summed E-state index contributed by atoms with van der Waals surface area (Å²) in [4.78, 5) is 0. The molecule has 0 amide bonds. The minimum absolute atomic E-state index is 0.406. The molecule has 0 spiro atoms. The summed E-state index contributed by atoms with van der Waals surface area (Å²) in [6.45, 7) is 3.68. The Labute approximate surface area is 112 Å². The van der Waals surface area contributed by atoms with Crippen LogP contribution < -0.4 is 10.1 Å². The Morgan fingerprint density at radius 3 is 3.06 bits per heavy atom. The largest absolute Gasteiger partial charge is 0.493 e. The average molecular weight is 274 g/mol. The summed E-state index contributed by atoms with van der Waals surface area (Å²) < 4.78 is 5.65. The van der Waals surface area contributed by atoms with Gasteiger partial charge < -0.3 is 10.1 Å². The molecule has 1 atom stereocenters. The van der Waals surface area contributed by atoms with E-state index >= 15 is 0 Å². The number of hydrogen-bond acceptors (Lipinski definition) is 2. The van der Waals surface area contributed by atoms with Gasteiger partial charge in [-0.3, -0.25) is 0 Å². The van der Waals surface area contributed by atoms with Crippen LogP contribution in [-0.2, 0) is 13.0 Å². The zero-order valence-corrected chi connectivity index (χ0v) is 11.4. The number of ether oxygens (including phenoxy) is 1. The molecule has 1 aliphatic rings. The van der Waals surface area contributed by atoms with Gasteiger partial charge >= 0.3 is 0 Å². The molecule has 0 fully saturated rings. The molecule has 2 rings (SSSR count). The fourth-order valence-electron chi connectivity index (χ4n) is 2.03. The highest BCUT2D eigenvalue weighted by Gasteiger charge is 2.17. The lowest BCUT2D eigenvalue weighted by atomic mass is 10.1. The minimum Gasteiger partial charge on any atom is -0.493 e. The monoisotopic (exact) mass is 273 g/mol. The Balaban J connectivity index is 2.05. The molecule has 0 bridgehead atoms. The first kappa shape index (κ1) is 13.0. The fraction of sp³-hybridized carbons (Fsp3) is 0.538. The van der Waals surface area contributed by atoms with Crippen LogP contribution in [0.5, 0.6) is 5.75 Å². The molecule has 0 aromatic heterocycles. The van der Waals surface area contributed by atoms with E-state index in [4.69, 9.17) is 27.9 Å². The number of nitrogens with one attached hydrogen (secondary N) is 1. The third-order valence-corrected chi connectivity index (χ3v) is 3.44. The maximum absolute atomic E-state index is 6.10. The van der Waals surface area contributed by atoms with Gasteiger partial charge in [-0.15, -0.1) is 11.6 Å². The molecule has 1 aromatic carbocycles. The van der Waals surface area contributed by atoms with Gasteiger partial charge in [0.05, 0.1) is 6.61 Å². The van der Waals surface area contributed by atoms with Crippen LogP contribution in [0, 0.1) is 0 Å². The molecule has 0 aliphatic carbocycles. The van der Waals surface area contributed by atoms with Crippen LogP contribution in [-0.4, -0.2) is 18.5 Å². The molecule has 1 N–H and O–H groups in total. The van der Waals surface area contributed by atoms with E-state index in [1.807, 2.05) is 12.1 Å². The zero-order valence-electron chi connectivity index (χ0n) is 9.93.